The molecule has 1 aromatic rings. The first-order chi connectivity index (χ1) is 7.56. The van der Waals surface area contributed by atoms with E-state index in [1.165, 1.54) is 0 Å². The summed E-state index contributed by atoms with van der Waals surface area (Å²) in [5, 5.41) is 0. The van der Waals surface area contributed by atoms with E-state index in [4.69, 9.17) is 0 Å². The fourth-order valence-corrected chi connectivity index (χ4v) is 2.54. The Morgan fingerprint density at radius 3 is 2.44 bits per heavy atom. The van der Waals surface area contributed by atoms with Gasteiger partial charge < -0.3 is 0 Å². The van der Waals surface area contributed by atoms with Crippen LogP contribution in [0, 0.1) is 0 Å². The second kappa shape index (κ2) is 5.66. The average Bonchev–Trinajstić information content (AvgIpc) is 2.28. The van der Waals surface area contributed by atoms with Crippen LogP contribution in [0.1, 0.15) is 13.8 Å². The standard InChI is InChI=1S/C13H16O2S/c1-3-7-12(2)10-11-16(14,15)13-8-5-4-6-9-13/h3-10H,11H2,1-2H3/b7-3+,12-10+. The van der Waals surface area contributed by atoms with E-state index in [9.17, 15) is 8.42 Å². The number of hydrogen-bond donors (Lipinski definition) is 0. The van der Waals surface area contributed by atoms with Crippen LogP contribution in [0.5, 0.6) is 0 Å². The molecule has 1 aromatic carbocycles. The maximum Gasteiger partial charge on any atom is 0.181 e. The van der Waals surface area contributed by atoms with Gasteiger partial charge in [0.15, 0.2) is 9.84 Å². The van der Waals surface area contributed by atoms with Gasteiger partial charge in [-0.15, -0.1) is 0 Å². The monoisotopic (exact) mass is 236 g/mol. The van der Waals surface area contributed by atoms with Crippen LogP contribution in [0.25, 0.3) is 0 Å². The summed E-state index contributed by atoms with van der Waals surface area (Å²) < 4.78 is 23.7. The predicted molar refractivity (Wildman–Crippen MR) is 67.1 cm³/mol. The Bertz CT molecular complexity index is 482. The summed E-state index contributed by atoms with van der Waals surface area (Å²) in [5.74, 6) is 0.0488. The van der Waals surface area contributed by atoms with Crippen molar-refractivity contribution in [1.29, 1.82) is 0 Å². The normalized spacial score (nSPS) is 13.2. The van der Waals surface area contributed by atoms with Gasteiger partial charge in [0.25, 0.3) is 0 Å². The van der Waals surface area contributed by atoms with E-state index in [0.717, 1.165) is 5.57 Å². The second-order valence-corrected chi connectivity index (χ2v) is 5.58. The van der Waals surface area contributed by atoms with E-state index < -0.39 is 9.84 Å². The van der Waals surface area contributed by atoms with Gasteiger partial charge in [0, 0.05) is 0 Å². The highest BCUT2D eigenvalue weighted by atomic mass is 32.2. The van der Waals surface area contributed by atoms with Gasteiger partial charge in [0.05, 0.1) is 10.6 Å². The number of sulfone groups is 1. The first kappa shape index (κ1) is 12.7. The molecule has 16 heavy (non-hydrogen) atoms. The third kappa shape index (κ3) is 3.66. The summed E-state index contributed by atoms with van der Waals surface area (Å²) in [7, 11) is -3.18. The van der Waals surface area contributed by atoms with Crippen molar-refractivity contribution in [2.45, 2.75) is 18.7 Å². The van der Waals surface area contributed by atoms with Crippen molar-refractivity contribution in [3.8, 4) is 0 Å². The molecule has 0 aliphatic heterocycles. The van der Waals surface area contributed by atoms with Gasteiger partial charge in [-0.1, -0.05) is 42.0 Å². The maximum absolute atomic E-state index is 11.9. The number of hydrogen-bond acceptors (Lipinski definition) is 2. The zero-order chi connectivity index (χ0) is 12.0. The molecule has 0 spiro atoms. The summed E-state index contributed by atoms with van der Waals surface area (Å²) in [4.78, 5) is 0.375. The van der Waals surface area contributed by atoms with Gasteiger partial charge in [-0.25, -0.2) is 8.42 Å². The maximum atomic E-state index is 11.9. The third-order valence-electron chi connectivity index (χ3n) is 2.16. The molecule has 3 heteroatoms. The summed E-state index contributed by atoms with van der Waals surface area (Å²) in [6.45, 7) is 3.80. The molecule has 0 aromatic heterocycles. The van der Waals surface area contributed by atoms with Gasteiger partial charge in [0.1, 0.15) is 0 Å². The Kier molecular flexibility index (Phi) is 4.50. The minimum atomic E-state index is -3.18. The van der Waals surface area contributed by atoms with E-state index in [2.05, 4.69) is 0 Å². The molecule has 0 bridgehead atoms. The number of rotatable bonds is 4. The van der Waals surface area contributed by atoms with Crippen LogP contribution in [0.15, 0.2) is 59.0 Å². The topological polar surface area (TPSA) is 34.1 Å². The van der Waals surface area contributed by atoms with E-state index in [0.29, 0.717) is 4.90 Å². The van der Waals surface area contributed by atoms with E-state index in [-0.39, 0.29) is 5.75 Å². The van der Waals surface area contributed by atoms with E-state index >= 15 is 0 Å². The Morgan fingerprint density at radius 1 is 1.25 bits per heavy atom. The molecule has 0 amide bonds. The van der Waals surface area contributed by atoms with Gasteiger partial charge in [-0.3, -0.25) is 0 Å². The lowest BCUT2D eigenvalue weighted by Crippen LogP contribution is -2.04. The molecule has 1 rings (SSSR count). The zero-order valence-corrected chi connectivity index (χ0v) is 10.4. The molecule has 0 saturated carbocycles. The molecule has 0 atom stereocenters. The quantitative estimate of drug-likeness (QED) is 0.753. The molecule has 0 aliphatic carbocycles. The highest BCUT2D eigenvalue weighted by Gasteiger charge is 2.11. The molecule has 0 unspecified atom stereocenters. The van der Waals surface area contributed by atoms with Gasteiger partial charge in [0.2, 0.25) is 0 Å². The molecule has 0 radical (unpaired) electrons. The van der Waals surface area contributed by atoms with Crippen molar-refractivity contribution in [2.24, 2.45) is 0 Å². The van der Waals surface area contributed by atoms with Crippen LogP contribution >= 0.6 is 0 Å². The minimum absolute atomic E-state index is 0.0488. The Morgan fingerprint density at radius 2 is 1.88 bits per heavy atom. The highest BCUT2D eigenvalue weighted by Crippen LogP contribution is 2.11. The fraction of sp³-hybridized carbons (Fsp3) is 0.231. The lowest BCUT2D eigenvalue weighted by atomic mass is 10.3. The van der Waals surface area contributed by atoms with Crippen molar-refractivity contribution in [3.05, 3.63) is 54.1 Å². The van der Waals surface area contributed by atoms with E-state index in [1.807, 2.05) is 26.0 Å². The first-order valence-electron chi connectivity index (χ1n) is 5.13. The molecule has 0 aliphatic rings. The van der Waals surface area contributed by atoms with Gasteiger partial charge in [-0.05, 0) is 26.0 Å². The van der Waals surface area contributed by atoms with Crippen molar-refractivity contribution in [3.63, 3.8) is 0 Å². The SMILES string of the molecule is C/C=C/C(C)=C/CS(=O)(=O)c1ccccc1. The number of benzene rings is 1. The third-order valence-corrected chi connectivity index (χ3v) is 3.75. The summed E-state index contributed by atoms with van der Waals surface area (Å²) >= 11 is 0. The number of allylic oxidation sites excluding steroid dienone is 3. The lowest BCUT2D eigenvalue weighted by molar-refractivity contribution is 0.599. The average molecular weight is 236 g/mol. The molecule has 0 N–H and O–H groups in total. The molecular formula is C13H16O2S. The van der Waals surface area contributed by atoms with Crippen molar-refractivity contribution in [1.82, 2.24) is 0 Å². The summed E-state index contributed by atoms with van der Waals surface area (Å²) in [6.07, 6.45) is 5.50. The van der Waals surface area contributed by atoms with Crippen LogP contribution in [-0.4, -0.2) is 14.2 Å². The smallest absolute Gasteiger partial charge is 0.181 e. The molecule has 2 nitrogen and oxygen atoms in total. The Hall–Kier alpha value is -1.35. The first-order valence-corrected chi connectivity index (χ1v) is 6.79. The largest absolute Gasteiger partial charge is 0.223 e. The van der Waals surface area contributed by atoms with Crippen LogP contribution in [0.3, 0.4) is 0 Å². The van der Waals surface area contributed by atoms with Crippen molar-refractivity contribution < 1.29 is 8.42 Å². The molecule has 86 valence electrons. The van der Waals surface area contributed by atoms with Crippen molar-refractivity contribution in [2.75, 3.05) is 5.75 Å². The molecule has 0 saturated heterocycles. The van der Waals surface area contributed by atoms with Gasteiger partial charge >= 0.3 is 0 Å². The van der Waals surface area contributed by atoms with Crippen LogP contribution in [0.4, 0.5) is 0 Å². The fourth-order valence-electron chi connectivity index (χ4n) is 1.30. The summed E-state index contributed by atoms with van der Waals surface area (Å²) in [5.41, 5.74) is 0.960. The van der Waals surface area contributed by atoms with Crippen LogP contribution in [-0.2, 0) is 9.84 Å². The lowest BCUT2D eigenvalue weighted by Gasteiger charge is -2.01. The second-order valence-electron chi connectivity index (χ2n) is 3.54. The highest BCUT2D eigenvalue weighted by molar-refractivity contribution is 7.91. The van der Waals surface area contributed by atoms with Crippen molar-refractivity contribution >= 4 is 9.84 Å². The predicted octanol–water partition coefficient (Wildman–Crippen LogP) is 2.98. The zero-order valence-electron chi connectivity index (χ0n) is 9.55. The van der Waals surface area contributed by atoms with Gasteiger partial charge in [-0.2, -0.15) is 0 Å². The molecular weight excluding hydrogens is 220 g/mol. The van der Waals surface area contributed by atoms with Crippen LogP contribution in [0.2, 0.25) is 0 Å². The minimum Gasteiger partial charge on any atom is -0.223 e. The Balaban J connectivity index is 2.86. The molecule has 0 fully saturated rings. The van der Waals surface area contributed by atoms with Crippen LogP contribution < -0.4 is 0 Å². The Labute approximate surface area is 97.2 Å². The summed E-state index contributed by atoms with van der Waals surface area (Å²) in [6, 6.07) is 8.51. The molecule has 0 heterocycles. The van der Waals surface area contributed by atoms with E-state index in [1.54, 1.807) is 36.4 Å².